The normalized spacial score (nSPS) is 11.3. The molecular formula is C25H28ClFN4O2. The van der Waals surface area contributed by atoms with Crippen LogP contribution in [0.3, 0.4) is 0 Å². The maximum Gasteiger partial charge on any atom is 0.245 e. The van der Waals surface area contributed by atoms with Crippen LogP contribution in [0, 0.1) is 5.82 Å². The molecule has 2 aromatic carbocycles. The summed E-state index contributed by atoms with van der Waals surface area (Å²) in [5.41, 5.74) is 2.03. The molecule has 174 valence electrons. The van der Waals surface area contributed by atoms with Crippen LogP contribution in [0.25, 0.3) is 5.69 Å². The van der Waals surface area contributed by atoms with E-state index in [0.717, 1.165) is 11.4 Å². The zero-order chi connectivity index (χ0) is 24.2. The van der Waals surface area contributed by atoms with Crippen molar-refractivity contribution in [1.29, 1.82) is 0 Å². The number of aromatic nitrogens is 2. The van der Waals surface area contributed by atoms with Gasteiger partial charge < -0.3 is 10.2 Å². The third-order valence-electron chi connectivity index (χ3n) is 5.15. The lowest BCUT2D eigenvalue weighted by Crippen LogP contribution is -2.39. The molecular weight excluding hydrogens is 443 g/mol. The van der Waals surface area contributed by atoms with E-state index in [0.29, 0.717) is 22.9 Å². The van der Waals surface area contributed by atoms with E-state index in [9.17, 15) is 14.0 Å². The number of hydrogen-bond acceptors (Lipinski definition) is 3. The summed E-state index contributed by atoms with van der Waals surface area (Å²) < 4.78 is 14.8. The summed E-state index contributed by atoms with van der Waals surface area (Å²) in [5.74, 6) is -0.389. The Morgan fingerprint density at radius 3 is 2.30 bits per heavy atom. The molecule has 0 saturated heterocycles. The molecule has 0 aliphatic rings. The third-order valence-corrected chi connectivity index (χ3v) is 5.41. The molecule has 0 aliphatic carbocycles. The van der Waals surface area contributed by atoms with Crippen molar-refractivity contribution in [2.45, 2.75) is 39.5 Å². The summed E-state index contributed by atoms with van der Waals surface area (Å²) in [6.07, 6.45) is 0.0955. The van der Waals surface area contributed by atoms with Crippen LogP contribution in [-0.2, 0) is 21.4 Å². The SMILES string of the molecule is CCN(CC(=O)Nc1cc(C(C)(C)C)nn1-c1ccc(Cl)cc1)C(=O)Cc1ccc(F)cc1. The van der Waals surface area contributed by atoms with Crippen molar-refractivity contribution in [3.05, 3.63) is 76.7 Å². The fraction of sp³-hybridized carbons (Fsp3) is 0.320. The van der Waals surface area contributed by atoms with Gasteiger partial charge in [0, 0.05) is 23.0 Å². The summed E-state index contributed by atoms with van der Waals surface area (Å²) in [6.45, 7) is 8.20. The Hall–Kier alpha value is -3.19. The van der Waals surface area contributed by atoms with Gasteiger partial charge in [0.25, 0.3) is 0 Å². The van der Waals surface area contributed by atoms with Gasteiger partial charge in [0.1, 0.15) is 11.6 Å². The molecule has 0 spiro atoms. The third kappa shape index (κ3) is 6.42. The predicted octanol–water partition coefficient (Wildman–Crippen LogP) is 4.99. The summed E-state index contributed by atoms with van der Waals surface area (Å²) >= 11 is 6.01. The Balaban J connectivity index is 1.76. The number of carbonyl (C=O) groups is 2. The molecule has 1 aromatic heterocycles. The molecule has 3 aromatic rings. The van der Waals surface area contributed by atoms with Gasteiger partial charge in [0.2, 0.25) is 11.8 Å². The highest BCUT2D eigenvalue weighted by Gasteiger charge is 2.23. The van der Waals surface area contributed by atoms with Gasteiger partial charge in [-0.05, 0) is 48.9 Å². The minimum absolute atomic E-state index is 0.0955. The maximum atomic E-state index is 13.1. The van der Waals surface area contributed by atoms with Crippen LogP contribution in [0.4, 0.5) is 10.2 Å². The van der Waals surface area contributed by atoms with Crippen LogP contribution in [0.2, 0.25) is 5.02 Å². The number of carbonyl (C=O) groups excluding carboxylic acids is 2. The number of nitrogens with zero attached hydrogens (tertiary/aromatic N) is 3. The number of nitrogens with one attached hydrogen (secondary N) is 1. The zero-order valence-corrected chi connectivity index (χ0v) is 20.0. The van der Waals surface area contributed by atoms with Crippen LogP contribution in [0.15, 0.2) is 54.6 Å². The van der Waals surface area contributed by atoms with Crippen molar-refractivity contribution in [3.63, 3.8) is 0 Å². The lowest BCUT2D eigenvalue weighted by molar-refractivity contribution is -0.133. The molecule has 0 aliphatic heterocycles. The maximum absolute atomic E-state index is 13.1. The molecule has 1 heterocycles. The number of halogens is 2. The fourth-order valence-corrected chi connectivity index (χ4v) is 3.36. The Morgan fingerprint density at radius 2 is 1.73 bits per heavy atom. The van der Waals surface area contributed by atoms with Gasteiger partial charge in [0.15, 0.2) is 0 Å². The predicted molar refractivity (Wildman–Crippen MR) is 128 cm³/mol. The second kappa shape index (κ2) is 10.2. The van der Waals surface area contributed by atoms with Crippen molar-refractivity contribution < 1.29 is 14.0 Å². The number of likely N-dealkylation sites (N-methyl/N-ethyl adjacent to an activating group) is 1. The number of anilines is 1. The molecule has 0 unspecified atom stereocenters. The van der Waals surface area contributed by atoms with Crippen molar-refractivity contribution in [2.24, 2.45) is 0 Å². The van der Waals surface area contributed by atoms with E-state index in [-0.39, 0.29) is 36.0 Å². The minimum Gasteiger partial charge on any atom is -0.333 e. The highest BCUT2D eigenvalue weighted by atomic mass is 35.5. The number of hydrogen-bond donors (Lipinski definition) is 1. The molecule has 3 rings (SSSR count). The van der Waals surface area contributed by atoms with Crippen LogP contribution >= 0.6 is 11.6 Å². The monoisotopic (exact) mass is 470 g/mol. The molecule has 0 bridgehead atoms. The summed E-state index contributed by atoms with van der Waals surface area (Å²) in [6, 6.07) is 14.8. The van der Waals surface area contributed by atoms with Crippen molar-refractivity contribution >= 4 is 29.2 Å². The fourth-order valence-electron chi connectivity index (χ4n) is 3.24. The van der Waals surface area contributed by atoms with E-state index in [2.05, 4.69) is 10.4 Å². The molecule has 6 nitrogen and oxygen atoms in total. The summed E-state index contributed by atoms with van der Waals surface area (Å²) in [7, 11) is 0. The first-order chi connectivity index (χ1) is 15.6. The zero-order valence-electron chi connectivity index (χ0n) is 19.2. The second-order valence-electron chi connectivity index (χ2n) is 8.81. The highest BCUT2D eigenvalue weighted by molar-refractivity contribution is 6.30. The van der Waals surface area contributed by atoms with Crippen LogP contribution < -0.4 is 5.32 Å². The smallest absolute Gasteiger partial charge is 0.245 e. The number of rotatable bonds is 7. The van der Waals surface area contributed by atoms with E-state index in [1.165, 1.54) is 17.0 Å². The number of benzene rings is 2. The van der Waals surface area contributed by atoms with Gasteiger partial charge in [-0.15, -0.1) is 0 Å². The first kappa shape index (κ1) is 24.5. The second-order valence-corrected chi connectivity index (χ2v) is 9.25. The largest absolute Gasteiger partial charge is 0.333 e. The molecule has 33 heavy (non-hydrogen) atoms. The molecule has 0 atom stereocenters. The molecule has 0 radical (unpaired) electrons. The van der Waals surface area contributed by atoms with Crippen LogP contribution in [0.1, 0.15) is 39.0 Å². The van der Waals surface area contributed by atoms with Crippen molar-refractivity contribution in [3.8, 4) is 5.69 Å². The molecule has 0 fully saturated rings. The number of amides is 2. The Labute approximate surface area is 198 Å². The Kier molecular flexibility index (Phi) is 7.53. The molecule has 8 heteroatoms. The quantitative estimate of drug-likeness (QED) is 0.528. The average molecular weight is 471 g/mol. The standard InChI is InChI=1S/C25H28ClFN4O2/c1-5-30(24(33)14-17-6-10-19(27)11-7-17)16-23(32)28-22-15-21(25(2,3)4)29-31(22)20-12-8-18(26)9-13-20/h6-13,15H,5,14,16H2,1-4H3,(H,28,32). The van der Waals surface area contributed by atoms with Gasteiger partial charge in [-0.1, -0.05) is 44.5 Å². The Morgan fingerprint density at radius 1 is 1.09 bits per heavy atom. The van der Waals surface area contributed by atoms with E-state index in [1.54, 1.807) is 28.9 Å². The topological polar surface area (TPSA) is 67.2 Å². The first-order valence-electron chi connectivity index (χ1n) is 10.8. The minimum atomic E-state index is -0.357. The van der Waals surface area contributed by atoms with Gasteiger partial charge in [-0.25, -0.2) is 9.07 Å². The Bertz CT molecular complexity index is 1120. The molecule has 2 amide bonds. The van der Waals surface area contributed by atoms with Crippen LogP contribution in [-0.4, -0.2) is 39.6 Å². The highest BCUT2D eigenvalue weighted by Crippen LogP contribution is 2.27. The van der Waals surface area contributed by atoms with Gasteiger partial charge in [-0.2, -0.15) is 5.10 Å². The van der Waals surface area contributed by atoms with E-state index in [1.807, 2.05) is 45.9 Å². The summed E-state index contributed by atoms with van der Waals surface area (Å²) in [4.78, 5) is 27.0. The lowest BCUT2D eigenvalue weighted by Gasteiger charge is -2.20. The van der Waals surface area contributed by atoms with Gasteiger partial charge >= 0.3 is 0 Å². The lowest BCUT2D eigenvalue weighted by atomic mass is 9.92. The average Bonchev–Trinajstić information content (AvgIpc) is 3.18. The van der Waals surface area contributed by atoms with Crippen molar-refractivity contribution in [1.82, 2.24) is 14.7 Å². The molecule has 0 saturated carbocycles. The van der Waals surface area contributed by atoms with E-state index in [4.69, 9.17) is 11.6 Å². The summed E-state index contributed by atoms with van der Waals surface area (Å²) in [5, 5.41) is 8.17. The first-order valence-corrected chi connectivity index (χ1v) is 11.1. The van der Waals surface area contributed by atoms with Crippen molar-refractivity contribution in [2.75, 3.05) is 18.4 Å². The van der Waals surface area contributed by atoms with Crippen LogP contribution in [0.5, 0.6) is 0 Å². The van der Waals surface area contributed by atoms with Gasteiger partial charge in [-0.3, -0.25) is 9.59 Å². The van der Waals surface area contributed by atoms with E-state index >= 15 is 0 Å². The van der Waals surface area contributed by atoms with E-state index < -0.39 is 0 Å². The van der Waals surface area contributed by atoms with Gasteiger partial charge in [0.05, 0.1) is 24.3 Å². The molecule has 1 N–H and O–H groups in total.